The lowest BCUT2D eigenvalue weighted by Gasteiger charge is -2.45. The highest BCUT2D eigenvalue weighted by atomic mass is 15.2. The van der Waals surface area contributed by atoms with Crippen LogP contribution in [0.25, 0.3) is 11.1 Å². The molecule has 12 aromatic carbocycles. The fourth-order valence-corrected chi connectivity index (χ4v) is 14.1. The van der Waals surface area contributed by atoms with Crippen molar-refractivity contribution in [2.45, 2.75) is 63.2 Å². The predicted octanol–water partition coefficient (Wildman–Crippen LogP) is 18.8. The van der Waals surface area contributed by atoms with E-state index >= 15 is 0 Å². The van der Waals surface area contributed by atoms with E-state index in [1.165, 1.54) is 100 Å². The molecular formula is C82H69BN2. The van der Waals surface area contributed by atoms with Crippen LogP contribution in [-0.2, 0) is 21.7 Å². The Morgan fingerprint density at radius 2 is 0.494 bits per heavy atom. The van der Waals surface area contributed by atoms with Gasteiger partial charge in [0.2, 0.25) is 0 Å². The molecule has 2 heterocycles. The van der Waals surface area contributed by atoms with E-state index in [0.717, 1.165) is 16.9 Å². The number of fused-ring (bicyclic) bond motifs is 4. The molecule has 0 atom stereocenters. The Bertz CT molecular complexity index is 3870. The summed E-state index contributed by atoms with van der Waals surface area (Å²) in [5, 5.41) is 0. The molecule has 410 valence electrons. The molecule has 0 aliphatic carbocycles. The Hall–Kier alpha value is -9.70. The zero-order valence-electron chi connectivity index (χ0n) is 49.4. The molecule has 0 spiro atoms. The first kappa shape index (κ1) is 53.3. The van der Waals surface area contributed by atoms with Gasteiger partial charge in [-0.25, -0.2) is 0 Å². The lowest BCUT2D eigenvalue weighted by Crippen LogP contribution is -2.61. The molecular weight excluding hydrogens is 1020 g/mol. The quantitative estimate of drug-likeness (QED) is 0.0941. The maximum atomic E-state index is 2.59. The molecule has 0 bridgehead atoms. The first-order valence-corrected chi connectivity index (χ1v) is 30.1. The topological polar surface area (TPSA) is 6.48 Å². The van der Waals surface area contributed by atoms with Crippen molar-refractivity contribution in [1.82, 2.24) is 0 Å². The molecule has 2 aliphatic rings. The maximum absolute atomic E-state index is 2.59. The van der Waals surface area contributed by atoms with Gasteiger partial charge in [0.15, 0.2) is 0 Å². The Balaban J connectivity index is 1.03. The highest BCUT2D eigenvalue weighted by Crippen LogP contribution is 2.51. The van der Waals surface area contributed by atoms with Gasteiger partial charge >= 0.3 is 0 Å². The highest BCUT2D eigenvalue weighted by Gasteiger charge is 2.46. The van der Waals surface area contributed by atoms with Crippen LogP contribution >= 0.6 is 0 Å². The number of benzene rings is 12. The lowest BCUT2D eigenvalue weighted by molar-refractivity contribution is 0.590. The third kappa shape index (κ3) is 8.95. The van der Waals surface area contributed by atoms with Crippen molar-refractivity contribution in [3.63, 3.8) is 0 Å². The number of nitrogens with zero attached hydrogens (tertiary/aromatic N) is 2. The van der Waals surface area contributed by atoms with Crippen molar-refractivity contribution in [2.75, 3.05) is 9.80 Å². The molecule has 0 radical (unpaired) electrons. The van der Waals surface area contributed by atoms with Crippen molar-refractivity contribution >= 4 is 57.2 Å². The van der Waals surface area contributed by atoms with Gasteiger partial charge in [-0.15, -0.1) is 0 Å². The molecule has 0 saturated heterocycles. The van der Waals surface area contributed by atoms with Gasteiger partial charge in [-0.2, -0.15) is 0 Å². The minimum atomic E-state index is -0.590. The van der Waals surface area contributed by atoms with Gasteiger partial charge in [0.05, 0.1) is 10.8 Å². The van der Waals surface area contributed by atoms with Gasteiger partial charge < -0.3 is 9.80 Å². The fourth-order valence-electron chi connectivity index (χ4n) is 14.1. The number of anilines is 6. The van der Waals surface area contributed by atoms with Crippen LogP contribution in [0.2, 0.25) is 0 Å². The molecule has 12 aromatic rings. The third-order valence-corrected chi connectivity index (χ3v) is 18.3. The monoisotopic (exact) mass is 1090 g/mol. The van der Waals surface area contributed by atoms with E-state index in [4.69, 9.17) is 0 Å². The molecule has 0 saturated carbocycles. The van der Waals surface area contributed by atoms with E-state index in [0.29, 0.717) is 0 Å². The predicted molar refractivity (Wildman–Crippen MR) is 360 cm³/mol. The number of hydrogen-bond donors (Lipinski definition) is 0. The van der Waals surface area contributed by atoms with Gasteiger partial charge in [0, 0.05) is 34.1 Å². The molecule has 14 rings (SSSR count). The van der Waals surface area contributed by atoms with Crippen LogP contribution in [-0.4, -0.2) is 6.71 Å². The van der Waals surface area contributed by atoms with Gasteiger partial charge in [-0.05, 0) is 143 Å². The van der Waals surface area contributed by atoms with Crippen molar-refractivity contribution in [3.05, 3.63) is 365 Å². The Morgan fingerprint density at radius 3 is 0.776 bits per heavy atom. The van der Waals surface area contributed by atoms with E-state index in [1.807, 2.05) is 0 Å². The fraction of sp³-hybridized carbons (Fsp3) is 0.122. The van der Waals surface area contributed by atoms with Crippen LogP contribution in [0.3, 0.4) is 0 Å². The smallest absolute Gasteiger partial charge is 0.252 e. The number of rotatable bonds is 11. The zero-order valence-corrected chi connectivity index (χ0v) is 49.4. The Morgan fingerprint density at radius 1 is 0.235 bits per heavy atom. The molecule has 2 aliphatic heterocycles. The zero-order chi connectivity index (χ0) is 57.9. The number of hydrogen-bond acceptors (Lipinski definition) is 2. The van der Waals surface area contributed by atoms with Gasteiger partial charge in [0.25, 0.3) is 6.71 Å². The van der Waals surface area contributed by atoms with Gasteiger partial charge in [-0.3, -0.25) is 0 Å². The van der Waals surface area contributed by atoms with Crippen LogP contribution in [0.4, 0.5) is 34.1 Å². The van der Waals surface area contributed by atoms with Crippen LogP contribution in [0.15, 0.2) is 309 Å². The summed E-state index contributed by atoms with van der Waals surface area (Å²) >= 11 is 0. The average molecular weight is 1090 g/mol. The normalized spacial score (nSPS) is 13.0. The molecule has 0 amide bonds. The van der Waals surface area contributed by atoms with Crippen molar-refractivity contribution in [1.29, 1.82) is 0 Å². The maximum Gasteiger partial charge on any atom is 0.252 e. The summed E-state index contributed by atoms with van der Waals surface area (Å²) in [6.07, 6.45) is 0. The molecule has 85 heavy (non-hydrogen) atoms. The van der Waals surface area contributed by atoms with E-state index in [9.17, 15) is 0 Å². The minimum Gasteiger partial charge on any atom is -0.311 e. The van der Waals surface area contributed by atoms with Crippen LogP contribution in [0.5, 0.6) is 0 Å². The third-order valence-electron chi connectivity index (χ3n) is 18.3. The molecule has 0 N–H and O–H groups in total. The summed E-state index contributed by atoms with van der Waals surface area (Å²) in [7, 11) is 0. The van der Waals surface area contributed by atoms with Crippen molar-refractivity contribution in [3.8, 4) is 11.1 Å². The molecule has 0 unspecified atom stereocenters. The molecule has 0 fully saturated rings. The molecule has 3 heteroatoms. The Labute approximate surface area is 503 Å². The highest BCUT2D eigenvalue weighted by molar-refractivity contribution is 7.00. The summed E-state index contributed by atoms with van der Waals surface area (Å²) in [5.41, 5.74) is 24.1. The van der Waals surface area contributed by atoms with E-state index in [2.05, 4.69) is 361 Å². The average Bonchev–Trinajstić information content (AvgIpc) is 1.19. The van der Waals surface area contributed by atoms with Crippen LogP contribution < -0.4 is 26.2 Å². The summed E-state index contributed by atoms with van der Waals surface area (Å²) in [5.74, 6) is 0. The minimum absolute atomic E-state index is 0.0577. The van der Waals surface area contributed by atoms with E-state index in [1.54, 1.807) is 0 Å². The van der Waals surface area contributed by atoms with E-state index < -0.39 is 10.8 Å². The summed E-state index contributed by atoms with van der Waals surface area (Å²) in [6.45, 7) is 14.0. The van der Waals surface area contributed by atoms with Gasteiger partial charge in [-0.1, -0.05) is 302 Å². The first-order valence-electron chi connectivity index (χ1n) is 30.1. The summed E-state index contributed by atoms with van der Waals surface area (Å²) in [6, 6.07) is 116. The van der Waals surface area contributed by atoms with E-state index in [-0.39, 0.29) is 17.5 Å². The second-order valence-electron chi connectivity index (χ2n) is 25.2. The van der Waals surface area contributed by atoms with Crippen molar-refractivity contribution in [2.24, 2.45) is 0 Å². The van der Waals surface area contributed by atoms with Crippen LogP contribution in [0, 0.1) is 0 Å². The molecule has 2 nitrogen and oxygen atoms in total. The second-order valence-corrected chi connectivity index (χ2v) is 25.2. The summed E-state index contributed by atoms with van der Waals surface area (Å²) in [4.78, 5) is 5.18. The Kier molecular flexibility index (Phi) is 13.3. The largest absolute Gasteiger partial charge is 0.311 e. The standard InChI is InChI=1S/C82H69BN2/c1-79(2,3)68-46-52-72-74(56-68)84(70-48-42-66(43-49-70)81(60-30-16-8-17-31-60,61-32-18-9-19-33-61)62-34-20-10-21-35-62)76-54-59(58-28-14-7-15-29-58)55-77-78(76)83(72)73-53-47-69(80(4,5)6)57-75(73)85(77)71-50-44-67(45-51-71)82(63-36-22-11-23-37-63,64-38-24-12-25-39-64)65-40-26-13-27-41-65/h7-57H,1-6H3. The van der Waals surface area contributed by atoms with Gasteiger partial charge in [0.1, 0.15) is 0 Å². The summed E-state index contributed by atoms with van der Waals surface area (Å²) < 4.78 is 0. The molecule has 0 aromatic heterocycles. The second kappa shape index (κ2) is 21.2. The first-order chi connectivity index (χ1) is 41.4. The van der Waals surface area contributed by atoms with Crippen LogP contribution in [0.1, 0.15) is 97.2 Å². The lowest BCUT2D eigenvalue weighted by atomic mass is 9.33. The SMILES string of the molecule is CC(C)(C)c1ccc2c(c1)N(c1ccc(C(c3ccccc3)(c3ccccc3)c3ccccc3)cc1)c1cc(-c3ccccc3)cc3c1B2c1ccc(C(C)(C)C)cc1N3c1ccc(C(c2ccccc2)(c2ccccc2)c2ccccc2)cc1. The van der Waals surface area contributed by atoms with Crippen molar-refractivity contribution < 1.29 is 0 Å².